The first-order valence-corrected chi connectivity index (χ1v) is 14.1. The molecule has 5 aliphatic rings. The smallest absolute Gasteiger partial charge is 0.0866 e. The molecule has 3 saturated carbocycles. The van der Waals surface area contributed by atoms with Gasteiger partial charge in [0, 0.05) is 15.9 Å². The van der Waals surface area contributed by atoms with Gasteiger partial charge in [0.1, 0.15) is 0 Å². The van der Waals surface area contributed by atoms with Crippen molar-refractivity contribution in [3.63, 3.8) is 0 Å². The summed E-state index contributed by atoms with van der Waals surface area (Å²) in [6, 6.07) is 0. The van der Waals surface area contributed by atoms with E-state index in [2.05, 4.69) is 34.6 Å². The van der Waals surface area contributed by atoms with Crippen LogP contribution in [0.1, 0.15) is 78.1 Å². The number of hydrogen-bond donors (Lipinski definition) is 1. The summed E-state index contributed by atoms with van der Waals surface area (Å²) in [5.74, 6) is 4.57. The minimum atomic E-state index is -0.649. The average molecular weight is 427 g/mol. The molecule has 4 heteroatoms. The van der Waals surface area contributed by atoms with Crippen LogP contribution in [-0.4, -0.2) is 26.6 Å². The summed E-state index contributed by atoms with van der Waals surface area (Å²) in [5.41, 5.74) is 1.24. The van der Waals surface area contributed by atoms with Crippen molar-refractivity contribution in [3.8, 4) is 0 Å². The highest BCUT2D eigenvalue weighted by Gasteiger charge is 2.65. The fourth-order valence-electron chi connectivity index (χ4n) is 8.30. The highest BCUT2D eigenvalue weighted by Crippen LogP contribution is 2.68. The van der Waals surface area contributed by atoms with Gasteiger partial charge in [0.05, 0.1) is 11.0 Å². The largest absolute Gasteiger partial charge is 0.388 e. The number of fused-ring (bicyclic) bond motifs is 5. The van der Waals surface area contributed by atoms with Gasteiger partial charge in [-0.15, -0.1) is 11.6 Å². The Bertz CT molecular complexity index is 628. The summed E-state index contributed by atoms with van der Waals surface area (Å²) in [4.78, 5) is 0. The minimum absolute atomic E-state index is 0.0738. The maximum absolute atomic E-state index is 11.6. The monoisotopic (exact) mass is 426 g/mol. The van der Waals surface area contributed by atoms with Crippen LogP contribution in [0.15, 0.2) is 11.6 Å². The second kappa shape index (κ2) is 6.86. The fourth-order valence-corrected chi connectivity index (χ4v) is 12.0. The zero-order chi connectivity index (χ0) is 18.9. The summed E-state index contributed by atoms with van der Waals surface area (Å²) in [7, 11) is 4.26. The van der Waals surface area contributed by atoms with E-state index in [9.17, 15) is 5.11 Å². The first-order chi connectivity index (χ1) is 12.9. The molecule has 27 heavy (non-hydrogen) atoms. The van der Waals surface area contributed by atoms with E-state index in [1.54, 1.807) is 0 Å². The Kier molecular flexibility index (Phi) is 4.99. The second-order valence-corrected chi connectivity index (χ2v) is 13.7. The van der Waals surface area contributed by atoms with E-state index in [1.165, 1.54) is 57.1 Å². The van der Waals surface area contributed by atoms with Gasteiger partial charge in [-0.3, -0.25) is 0 Å². The van der Waals surface area contributed by atoms with E-state index < -0.39 is 5.60 Å². The Morgan fingerprint density at radius 3 is 2.70 bits per heavy atom. The predicted molar refractivity (Wildman–Crippen MR) is 119 cm³/mol. The Balaban J connectivity index is 1.43. The van der Waals surface area contributed by atoms with Gasteiger partial charge in [-0.05, 0) is 94.8 Å². The molecule has 1 saturated heterocycles. The molecule has 0 aromatic carbocycles. The Hall–Kier alpha value is 0.690. The Morgan fingerprint density at radius 1 is 1.15 bits per heavy atom. The number of aliphatic hydroxyl groups is 1. The average Bonchev–Trinajstić information content (AvgIpc) is 3.24. The van der Waals surface area contributed by atoms with Crippen molar-refractivity contribution in [2.45, 2.75) is 93.8 Å². The van der Waals surface area contributed by atoms with E-state index in [0.29, 0.717) is 10.7 Å². The molecule has 0 aromatic heterocycles. The molecule has 1 heterocycles. The zero-order valence-corrected chi connectivity index (χ0v) is 19.3. The second-order valence-electron chi connectivity index (χ2n) is 10.2. The maximum atomic E-state index is 11.6. The molecule has 1 N–H and O–H groups in total. The predicted octanol–water partition coefficient (Wildman–Crippen LogP) is 6.83. The molecule has 8 atom stereocenters. The lowest BCUT2D eigenvalue weighted by molar-refractivity contribution is -0.129. The van der Waals surface area contributed by atoms with Gasteiger partial charge < -0.3 is 5.11 Å². The number of allylic oxidation sites excluding steroid dienone is 1. The van der Waals surface area contributed by atoms with E-state index in [4.69, 9.17) is 11.6 Å². The van der Waals surface area contributed by atoms with E-state index in [1.807, 2.05) is 12.5 Å². The molecule has 152 valence electrons. The highest BCUT2D eigenvalue weighted by molar-refractivity contribution is 8.77. The lowest BCUT2D eigenvalue weighted by Crippen LogP contribution is -2.57. The van der Waals surface area contributed by atoms with Crippen LogP contribution < -0.4 is 0 Å². The normalized spacial score (nSPS) is 52.8. The standard InChI is InChI=1S/C23H35ClOS2/c1-3-22-10-7-18-17-6-9-21(12-13-26-27-21)14-16(17)4-5-19(18)20(22)8-11-23(22,25)15(2)24/h14-15,17-20,25H,3-13H2,1-2H3/t15?,17-,18+,19+,20-,21?,22-,23+/m0/s1. The topological polar surface area (TPSA) is 20.2 Å². The lowest BCUT2D eigenvalue weighted by Gasteiger charge is -2.58. The molecular weight excluding hydrogens is 392 g/mol. The molecule has 0 radical (unpaired) electrons. The van der Waals surface area contributed by atoms with Gasteiger partial charge in [0.25, 0.3) is 0 Å². The van der Waals surface area contributed by atoms with Crippen molar-refractivity contribution >= 4 is 33.2 Å². The first kappa shape index (κ1) is 19.6. The number of hydrogen-bond acceptors (Lipinski definition) is 3. The maximum Gasteiger partial charge on any atom is 0.0866 e. The molecular formula is C23H35ClOS2. The molecule has 1 aliphatic heterocycles. The van der Waals surface area contributed by atoms with Crippen molar-refractivity contribution in [3.05, 3.63) is 11.6 Å². The zero-order valence-electron chi connectivity index (χ0n) is 16.9. The summed E-state index contributed by atoms with van der Waals surface area (Å²) in [5, 5.41) is 11.5. The molecule has 2 unspecified atom stereocenters. The molecule has 1 nitrogen and oxygen atoms in total. The van der Waals surface area contributed by atoms with E-state index >= 15 is 0 Å². The molecule has 5 rings (SSSR count). The quantitative estimate of drug-likeness (QED) is 0.296. The third kappa shape index (κ3) is 2.70. The summed E-state index contributed by atoms with van der Waals surface area (Å²) >= 11 is 6.61. The number of halogens is 1. The van der Waals surface area contributed by atoms with Crippen LogP contribution in [0.4, 0.5) is 0 Å². The highest BCUT2D eigenvalue weighted by atomic mass is 35.5. The molecule has 1 spiro atoms. The fraction of sp³-hybridized carbons (Fsp3) is 0.913. The molecule has 4 fully saturated rings. The lowest BCUT2D eigenvalue weighted by atomic mass is 9.49. The summed E-state index contributed by atoms with van der Waals surface area (Å²) in [6.45, 7) is 4.35. The number of rotatable bonds is 2. The third-order valence-corrected chi connectivity index (χ3v) is 13.2. The minimum Gasteiger partial charge on any atom is -0.388 e. The van der Waals surface area contributed by atoms with Crippen molar-refractivity contribution in [1.82, 2.24) is 0 Å². The molecule has 0 aromatic rings. The van der Waals surface area contributed by atoms with Crippen molar-refractivity contribution < 1.29 is 5.11 Å². The molecule has 0 amide bonds. The van der Waals surface area contributed by atoms with Crippen LogP contribution in [0.25, 0.3) is 0 Å². The molecule has 4 aliphatic carbocycles. The Labute approximate surface area is 178 Å². The van der Waals surface area contributed by atoms with Crippen molar-refractivity contribution in [1.29, 1.82) is 0 Å². The van der Waals surface area contributed by atoms with E-state index in [0.717, 1.165) is 30.6 Å². The van der Waals surface area contributed by atoms with Crippen molar-refractivity contribution in [2.75, 3.05) is 5.75 Å². The number of alkyl halides is 1. The molecule has 0 bridgehead atoms. The van der Waals surface area contributed by atoms with Crippen LogP contribution in [0, 0.1) is 29.1 Å². The Morgan fingerprint density at radius 2 is 2.00 bits per heavy atom. The summed E-state index contributed by atoms with van der Waals surface area (Å²) < 4.78 is 0.479. The van der Waals surface area contributed by atoms with Gasteiger partial charge in [-0.2, -0.15) is 0 Å². The summed E-state index contributed by atoms with van der Waals surface area (Å²) in [6.07, 6.45) is 15.4. The van der Waals surface area contributed by atoms with Gasteiger partial charge in [0.15, 0.2) is 0 Å². The van der Waals surface area contributed by atoms with Crippen LogP contribution >= 0.6 is 33.2 Å². The third-order valence-electron chi connectivity index (χ3n) is 9.61. The van der Waals surface area contributed by atoms with Gasteiger partial charge in [-0.25, -0.2) is 0 Å². The van der Waals surface area contributed by atoms with Crippen LogP contribution in [0.2, 0.25) is 0 Å². The van der Waals surface area contributed by atoms with Crippen LogP contribution in [0.5, 0.6) is 0 Å². The van der Waals surface area contributed by atoms with E-state index in [-0.39, 0.29) is 10.8 Å². The van der Waals surface area contributed by atoms with Gasteiger partial charge in [-0.1, -0.05) is 40.2 Å². The van der Waals surface area contributed by atoms with Crippen LogP contribution in [-0.2, 0) is 0 Å². The van der Waals surface area contributed by atoms with Crippen molar-refractivity contribution in [2.24, 2.45) is 29.1 Å². The van der Waals surface area contributed by atoms with Gasteiger partial charge in [0.2, 0.25) is 0 Å². The SMILES string of the molecule is CC[C@]12CC[C@H]3[C@@H](CCC4=CC5(CCSS5)CC[C@@H]43)[C@@H]1CC[C@@]2(O)C(C)Cl. The van der Waals surface area contributed by atoms with Gasteiger partial charge >= 0.3 is 0 Å². The first-order valence-electron chi connectivity index (χ1n) is 11.3. The van der Waals surface area contributed by atoms with Crippen LogP contribution in [0.3, 0.4) is 0 Å².